The van der Waals surface area contributed by atoms with Crippen LogP contribution >= 0.6 is 0 Å². The van der Waals surface area contributed by atoms with Gasteiger partial charge in [0.25, 0.3) is 0 Å². The lowest BCUT2D eigenvalue weighted by molar-refractivity contribution is 0.207. The Labute approximate surface area is 122 Å². The fourth-order valence-electron chi connectivity index (χ4n) is 2.63. The van der Waals surface area contributed by atoms with E-state index in [0.29, 0.717) is 12.2 Å². The van der Waals surface area contributed by atoms with E-state index in [9.17, 15) is 4.79 Å². The lowest BCUT2D eigenvalue weighted by atomic mass is 10.2. The third-order valence-electron chi connectivity index (χ3n) is 3.67. The Morgan fingerprint density at radius 3 is 3.00 bits per heavy atom. The number of carbonyl (C=O) groups is 1. The maximum Gasteiger partial charge on any atom is 0.319 e. The molecule has 7 heteroatoms. The van der Waals surface area contributed by atoms with Gasteiger partial charge in [0, 0.05) is 12.7 Å². The predicted octanol–water partition coefficient (Wildman–Crippen LogP) is 1.96. The fourth-order valence-corrected chi connectivity index (χ4v) is 2.63. The number of hydrogen-bond donors (Lipinski definition) is 3. The zero-order valence-electron chi connectivity index (χ0n) is 11.7. The molecule has 2 aromatic rings. The molecule has 1 fully saturated rings. The molecule has 3 heterocycles. The lowest BCUT2D eigenvalue weighted by Gasteiger charge is -2.25. The number of urea groups is 1. The minimum atomic E-state index is -0.243. The van der Waals surface area contributed by atoms with E-state index >= 15 is 0 Å². The third kappa shape index (κ3) is 3.43. The van der Waals surface area contributed by atoms with Crippen LogP contribution in [0.2, 0.25) is 0 Å². The number of furan rings is 1. The summed E-state index contributed by atoms with van der Waals surface area (Å²) in [6, 6.07) is 3.67. The molecule has 1 unspecified atom stereocenters. The van der Waals surface area contributed by atoms with Gasteiger partial charge < -0.3 is 15.1 Å². The highest BCUT2D eigenvalue weighted by atomic mass is 16.3. The number of aromatic amines is 1. The molecular formula is C14H19N5O2. The van der Waals surface area contributed by atoms with Crippen molar-refractivity contribution in [2.45, 2.75) is 18.9 Å². The van der Waals surface area contributed by atoms with Crippen LogP contribution in [0.4, 0.5) is 10.5 Å². The van der Waals surface area contributed by atoms with Crippen molar-refractivity contribution in [1.29, 1.82) is 0 Å². The zero-order valence-corrected chi connectivity index (χ0v) is 11.7. The molecule has 7 nitrogen and oxygen atoms in total. The van der Waals surface area contributed by atoms with Gasteiger partial charge in [0.1, 0.15) is 5.76 Å². The van der Waals surface area contributed by atoms with Gasteiger partial charge in [0.15, 0.2) is 0 Å². The molecule has 1 saturated heterocycles. The van der Waals surface area contributed by atoms with E-state index in [-0.39, 0.29) is 12.1 Å². The van der Waals surface area contributed by atoms with Gasteiger partial charge >= 0.3 is 6.03 Å². The molecular weight excluding hydrogens is 270 g/mol. The molecule has 0 radical (unpaired) electrons. The number of amides is 2. The van der Waals surface area contributed by atoms with Gasteiger partial charge in [-0.1, -0.05) is 0 Å². The molecule has 0 aliphatic carbocycles. The van der Waals surface area contributed by atoms with Crippen molar-refractivity contribution in [3.8, 4) is 0 Å². The predicted molar refractivity (Wildman–Crippen MR) is 77.9 cm³/mol. The Balaban J connectivity index is 1.58. The smallest absolute Gasteiger partial charge is 0.319 e. The van der Waals surface area contributed by atoms with Gasteiger partial charge in [-0.05, 0) is 38.1 Å². The summed E-state index contributed by atoms with van der Waals surface area (Å²) in [7, 11) is 0. The number of hydrogen-bond acceptors (Lipinski definition) is 4. The molecule has 1 atom stereocenters. The Morgan fingerprint density at radius 2 is 2.33 bits per heavy atom. The quantitative estimate of drug-likeness (QED) is 0.785. The first kappa shape index (κ1) is 13.7. The molecule has 1 aliphatic rings. The van der Waals surface area contributed by atoms with Crippen LogP contribution in [0.25, 0.3) is 0 Å². The van der Waals surface area contributed by atoms with Gasteiger partial charge in [-0.15, -0.1) is 0 Å². The molecule has 2 amide bonds. The molecule has 3 rings (SSSR count). The van der Waals surface area contributed by atoms with Crippen molar-refractivity contribution in [2.24, 2.45) is 0 Å². The van der Waals surface area contributed by atoms with Gasteiger partial charge in [-0.2, -0.15) is 5.10 Å². The first-order valence-electron chi connectivity index (χ1n) is 7.14. The summed E-state index contributed by atoms with van der Waals surface area (Å²) in [4.78, 5) is 14.2. The van der Waals surface area contributed by atoms with Crippen LogP contribution in [0.3, 0.4) is 0 Å². The molecule has 0 saturated carbocycles. The Bertz CT molecular complexity index is 546. The summed E-state index contributed by atoms with van der Waals surface area (Å²) in [6.45, 7) is 2.59. The van der Waals surface area contributed by atoms with E-state index in [4.69, 9.17) is 4.42 Å². The molecule has 0 aromatic carbocycles. The minimum Gasteiger partial charge on any atom is -0.468 e. The third-order valence-corrected chi connectivity index (χ3v) is 3.67. The number of aromatic nitrogens is 2. The molecule has 2 aromatic heterocycles. The summed E-state index contributed by atoms with van der Waals surface area (Å²) in [5.74, 6) is 0.889. The first-order chi connectivity index (χ1) is 10.3. The summed E-state index contributed by atoms with van der Waals surface area (Å²) in [6.07, 6.45) is 7.24. The Kier molecular flexibility index (Phi) is 4.20. The van der Waals surface area contributed by atoms with Crippen molar-refractivity contribution >= 4 is 11.7 Å². The second-order valence-electron chi connectivity index (χ2n) is 5.10. The number of H-pyrrole nitrogens is 1. The normalized spacial score (nSPS) is 16.8. The van der Waals surface area contributed by atoms with E-state index in [2.05, 4.69) is 25.7 Å². The Hall–Kier alpha value is -2.28. The van der Waals surface area contributed by atoms with Gasteiger partial charge in [0.2, 0.25) is 0 Å². The van der Waals surface area contributed by atoms with Crippen LogP contribution in [-0.2, 0) is 0 Å². The number of carbonyl (C=O) groups excluding carboxylic acids is 1. The van der Waals surface area contributed by atoms with Crippen LogP contribution < -0.4 is 10.6 Å². The number of likely N-dealkylation sites (tertiary alicyclic amines) is 1. The molecule has 1 aliphatic heterocycles. The van der Waals surface area contributed by atoms with E-state index < -0.39 is 0 Å². The van der Waals surface area contributed by atoms with Crippen LogP contribution in [0.5, 0.6) is 0 Å². The standard InChI is InChI=1S/C14H19N5O2/c20-14(18-11-8-16-17-9-11)15-10-12(13-4-3-7-21-13)19-5-1-2-6-19/h3-4,7-9,12H,1-2,5-6,10H2,(H,16,17)(H2,15,18,20). The van der Waals surface area contributed by atoms with Gasteiger partial charge in [0.05, 0.1) is 24.2 Å². The minimum absolute atomic E-state index is 0.0811. The van der Waals surface area contributed by atoms with Crippen molar-refractivity contribution in [3.63, 3.8) is 0 Å². The number of rotatable bonds is 5. The second-order valence-corrected chi connectivity index (χ2v) is 5.10. The highest BCUT2D eigenvalue weighted by Gasteiger charge is 2.25. The van der Waals surface area contributed by atoms with E-state index in [1.807, 2.05) is 12.1 Å². The lowest BCUT2D eigenvalue weighted by Crippen LogP contribution is -2.38. The first-order valence-corrected chi connectivity index (χ1v) is 7.14. The fraction of sp³-hybridized carbons (Fsp3) is 0.429. The van der Waals surface area contributed by atoms with Crippen molar-refractivity contribution in [2.75, 3.05) is 25.0 Å². The van der Waals surface area contributed by atoms with Gasteiger partial charge in [-0.25, -0.2) is 4.79 Å². The average molecular weight is 289 g/mol. The second kappa shape index (κ2) is 6.45. The highest BCUT2D eigenvalue weighted by Crippen LogP contribution is 2.24. The maximum atomic E-state index is 11.9. The zero-order chi connectivity index (χ0) is 14.5. The summed E-state index contributed by atoms with van der Waals surface area (Å²) in [5.41, 5.74) is 0.642. The topological polar surface area (TPSA) is 86.2 Å². The van der Waals surface area contributed by atoms with Crippen molar-refractivity contribution in [1.82, 2.24) is 20.4 Å². The van der Waals surface area contributed by atoms with Crippen LogP contribution in [-0.4, -0.2) is 40.8 Å². The summed E-state index contributed by atoms with van der Waals surface area (Å²) in [5, 5.41) is 12.0. The SMILES string of the molecule is O=C(NCC(c1ccco1)N1CCCC1)Nc1cn[nH]c1. The summed E-state index contributed by atoms with van der Waals surface area (Å²) < 4.78 is 5.52. The molecule has 0 bridgehead atoms. The van der Waals surface area contributed by atoms with E-state index in [1.54, 1.807) is 18.7 Å². The largest absolute Gasteiger partial charge is 0.468 e. The van der Waals surface area contributed by atoms with Crippen LogP contribution in [0.15, 0.2) is 35.2 Å². The average Bonchev–Trinajstić information content (AvgIpc) is 3.23. The summed E-state index contributed by atoms with van der Waals surface area (Å²) >= 11 is 0. The molecule has 3 N–H and O–H groups in total. The van der Waals surface area contributed by atoms with Crippen molar-refractivity contribution < 1.29 is 9.21 Å². The number of nitrogens with zero attached hydrogens (tertiary/aromatic N) is 2. The monoisotopic (exact) mass is 289 g/mol. The van der Waals surface area contributed by atoms with E-state index in [1.165, 1.54) is 12.8 Å². The van der Waals surface area contributed by atoms with Gasteiger partial charge in [-0.3, -0.25) is 10.00 Å². The Morgan fingerprint density at radius 1 is 1.48 bits per heavy atom. The van der Waals surface area contributed by atoms with Crippen molar-refractivity contribution in [3.05, 3.63) is 36.5 Å². The maximum absolute atomic E-state index is 11.9. The highest BCUT2D eigenvalue weighted by molar-refractivity contribution is 5.88. The molecule has 0 spiro atoms. The van der Waals surface area contributed by atoms with E-state index in [0.717, 1.165) is 18.8 Å². The number of anilines is 1. The van der Waals surface area contributed by atoms with Crippen LogP contribution in [0, 0.1) is 0 Å². The van der Waals surface area contributed by atoms with Crippen LogP contribution in [0.1, 0.15) is 24.6 Å². The number of nitrogens with one attached hydrogen (secondary N) is 3. The molecule has 21 heavy (non-hydrogen) atoms. The molecule has 112 valence electrons.